The zero-order valence-electron chi connectivity index (χ0n) is 13.2. The number of methoxy groups -OCH3 is 1. The van der Waals surface area contributed by atoms with Crippen LogP contribution < -0.4 is 0 Å². The van der Waals surface area contributed by atoms with Gasteiger partial charge in [0.2, 0.25) is 17.8 Å². The molecule has 1 aromatic rings. The maximum atomic E-state index is 14.0. The van der Waals surface area contributed by atoms with Crippen LogP contribution >= 0.6 is 0 Å². The van der Waals surface area contributed by atoms with E-state index < -0.39 is 23.9 Å². The molecule has 128 valence electrons. The number of hydrogen-bond acceptors (Lipinski definition) is 4. The summed E-state index contributed by atoms with van der Waals surface area (Å²) in [4.78, 5) is 28.4. The quantitative estimate of drug-likeness (QED) is 0.359. The fraction of sp³-hybridized carbons (Fsp3) is 0.353. The number of pyridine rings is 1. The van der Waals surface area contributed by atoms with Gasteiger partial charge in [0.25, 0.3) is 0 Å². The first-order chi connectivity index (χ1) is 11.5. The van der Waals surface area contributed by atoms with Crippen LogP contribution in [0.4, 0.5) is 8.78 Å². The summed E-state index contributed by atoms with van der Waals surface area (Å²) in [5.41, 5.74) is 0.155. The molecule has 0 N–H and O–H groups in total. The number of nitrogens with zero attached hydrogens (tertiary/aromatic N) is 2. The molecule has 0 unspecified atom stereocenters. The second-order valence-corrected chi connectivity index (χ2v) is 5.35. The van der Waals surface area contributed by atoms with Crippen LogP contribution in [0.1, 0.15) is 30.9 Å². The topological polar surface area (TPSA) is 59.5 Å². The lowest BCUT2D eigenvalue weighted by molar-refractivity contribution is -0.135. The minimum absolute atomic E-state index is 0.0787. The van der Waals surface area contributed by atoms with Crippen molar-refractivity contribution in [3.8, 4) is 0 Å². The van der Waals surface area contributed by atoms with Gasteiger partial charge in [0.15, 0.2) is 0 Å². The molecule has 0 bridgehead atoms. The van der Waals surface area contributed by atoms with E-state index in [1.54, 1.807) is 6.08 Å². The number of halogens is 2. The molecule has 0 aliphatic carbocycles. The van der Waals surface area contributed by atoms with Crippen molar-refractivity contribution in [2.45, 2.75) is 31.3 Å². The Hall–Kier alpha value is -2.57. The average molecular weight is 336 g/mol. The maximum absolute atomic E-state index is 14.0. The van der Waals surface area contributed by atoms with Crippen molar-refractivity contribution >= 4 is 11.9 Å². The van der Waals surface area contributed by atoms with Gasteiger partial charge in [0.05, 0.1) is 19.2 Å². The Morgan fingerprint density at radius 3 is 2.79 bits per heavy atom. The summed E-state index contributed by atoms with van der Waals surface area (Å²) in [6, 6.07) is 1.40. The van der Waals surface area contributed by atoms with Gasteiger partial charge in [0, 0.05) is 18.1 Å². The molecule has 1 aliphatic rings. The third kappa shape index (κ3) is 3.84. The van der Waals surface area contributed by atoms with E-state index in [1.165, 1.54) is 30.2 Å². The van der Waals surface area contributed by atoms with Crippen molar-refractivity contribution < 1.29 is 23.1 Å². The van der Waals surface area contributed by atoms with Gasteiger partial charge in [-0.1, -0.05) is 12.2 Å². The van der Waals surface area contributed by atoms with E-state index in [4.69, 9.17) is 0 Å². The molecular formula is C17H18F2N2O3. The molecule has 1 saturated heterocycles. The Kier molecular flexibility index (Phi) is 5.78. The first-order valence-electron chi connectivity index (χ1n) is 7.48. The number of aromatic nitrogens is 1. The van der Waals surface area contributed by atoms with E-state index in [9.17, 15) is 18.4 Å². The van der Waals surface area contributed by atoms with Crippen molar-refractivity contribution in [3.63, 3.8) is 0 Å². The van der Waals surface area contributed by atoms with Gasteiger partial charge in [-0.25, -0.2) is 4.79 Å². The Bertz CT molecular complexity index is 676. The van der Waals surface area contributed by atoms with Crippen LogP contribution in [0.25, 0.3) is 0 Å². The molecule has 2 rings (SSSR count). The van der Waals surface area contributed by atoms with Gasteiger partial charge in [-0.3, -0.25) is 4.79 Å². The summed E-state index contributed by atoms with van der Waals surface area (Å²) < 4.78 is 31.6. The predicted molar refractivity (Wildman–Crippen MR) is 82.7 cm³/mol. The van der Waals surface area contributed by atoms with Gasteiger partial charge in [-0.2, -0.15) is 13.8 Å². The molecule has 0 saturated carbocycles. The summed E-state index contributed by atoms with van der Waals surface area (Å²) >= 11 is 0. The van der Waals surface area contributed by atoms with Crippen LogP contribution in [-0.2, 0) is 14.3 Å². The number of carbonyl (C=O) groups is 2. The highest BCUT2D eigenvalue weighted by atomic mass is 19.1. The number of carbonyl (C=O) groups excluding carboxylic acids is 2. The minimum atomic E-state index is -0.936. The molecule has 2 heterocycles. The first kappa shape index (κ1) is 17.8. The number of ether oxygens (including phenoxy) is 1. The molecule has 0 radical (unpaired) electrons. The van der Waals surface area contributed by atoms with Crippen LogP contribution in [0.3, 0.4) is 0 Å². The number of esters is 1. The molecule has 1 fully saturated rings. The number of rotatable bonds is 5. The van der Waals surface area contributed by atoms with Crippen LogP contribution in [0.5, 0.6) is 0 Å². The second-order valence-electron chi connectivity index (χ2n) is 5.35. The molecule has 1 amide bonds. The molecule has 7 heteroatoms. The van der Waals surface area contributed by atoms with Crippen molar-refractivity contribution in [1.82, 2.24) is 9.88 Å². The summed E-state index contributed by atoms with van der Waals surface area (Å²) in [6.45, 7) is 3.54. The lowest BCUT2D eigenvalue weighted by Gasteiger charge is -2.29. The van der Waals surface area contributed by atoms with Crippen molar-refractivity contribution in [1.29, 1.82) is 0 Å². The lowest BCUT2D eigenvalue weighted by Crippen LogP contribution is -2.36. The first-order valence-corrected chi connectivity index (χ1v) is 7.48. The highest BCUT2D eigenvalue weighted by molar-refractivity contribution is 5.82. The molecule has 24 heavy (non-hydrogen) atoms. The van der Waals surface area contributed by atoms with Gasteiger partial charge in [-0.05, 0) is 25.0 Å². The maximum Gasteiger partial charge on any atom is 0.330 e. The van der Waals surface area contributed by atoms with E-state index in [0.717, 1.165) is 6.07 Å². The Morgan fingerprint density at radius 2 is 2.17 bits per heavy atom. The van der Waals surface area contributed by atoms with Crippen LogP contribution in [0, 0.1) is 11.9 Å². The molecule has 5 nitrogen and oxygen atoms in total. The minimum Gasteiger partial charge on any atom is -0.466 e. The summed E-state index contributed by atoms with van der Waals surface area (Å²) in [5, 5.41) is 0. The molecule has 0 aromatic carbocycles. The van der Waals surface area contributed by atoms with E-state index in [1.807, 2.05) is 0 Å². The van der Waals surface area contributed by atoms with Crippen LogP contribution in [0.2, 0.25) is 0 Å². The zero-order valence-corrected chi connectivity index (χ0v) is 13.2. The predicted octanol–water partition coefficient (Wildman–Crippen LogP) is 2.70. The smallest absolute Gasteiger partial charge is 0.330 e. The average Bonchev–Trinajstić information content (AvgIpc) is 2.96. The summed E-state index contributed by atoms with van der Waals surface area (Å²) in [5.74, 6) is -2.64. The Balaban J connectivity index is 2.33. The van der Waals surface area contributed by atoms with E-state index >= 15 is 0 Å². The largest absolute Gasteiger partial charge is 0.466 e. The number of likely N-dealkylation sites (tertiary alicyclic amines) is 1. The highest BCUT2D eigenvalue weighted by Crippen LogP contribution is 2.38. The number of hydrogen-bond donors (Lipinski definition) is 0. The standard InChI is InChI=1S/C17H18F2N2O3/c1-3-4-15(22)21-11(6-10-16(23)24-2)5-8-13(21)12-7-9-14(18)20-17(12)19/h3,6-7,9-11,13H,1,4-5,8H2,2H3/b10-6+/t11-,13+/m1/s1. The Labute approximate surface area is 138 Å². The third-order valence-corrected chi connectivity index (χ3v) is 3.89. The fourth-order valence-electron chi connectivity index (χ4n) is 2.85. The number of amides is 1. The Morgan fingerprint density at radius 1 is 1.42 bits per heavy atom. The normalized spacial score (nSPS) is 20.4. The molecular weight excluding hydrogens is 318 g/mol. The molecule has 2 atom stereocenters. The van der Waals surface area contributed by atoms with Crippen molar-refractivity contribution in [3.05, 3.63) is 54.4 Å². The van der Waals surface area contributed by atoms with Crippen molar-refractivity contribution in [2.75, 3.05) is 7.11 Å². The van der Waals surface area contributed by atoms with E-state index in [-0.39, 0.29) is 23.9 Å². The van der Waals surface area contributed by atoms with Crippen molar-refractivity contribution in [2.24, 2.45) is 0 Å². The van der Waals surface area contributed by atoms with E-state index in [0.29, 0.717) is 12.8 Å². The highest BCUT2D eigenvalue weighted by Gasteiger charge is 2.37. The van der Waals surface area contributed by atoms with Crippen LogP contribution in [0.15, 0.2) is 36.9 Å². The fourth-order valence-corrected chi connectivity index (χ4v) is 2.85. The van der Waals surface area contributed by atoms with Gasteiger partial charge in [0.1, 0.15) is 0 Å². The monoisotopic (exact) mass is 336 g/mol. The van der Waals surface area contributed by atoms with Gasteiger partial charge >= 0.3 is 5.97 Å². The summed E-state index contributed by atoms with van der Waals surface area (Å²) in [6.07, 6.45) is 5.34. The van der Waals surface area contributed by atoms with Gasteiger partial charge < -0.3 is 9.64 Å². The van der Waals surface area contributed by atoms with Gasteiger partial charge in [-0.15, -0.1) is 6.58 Å². The zero-order chi connectivity index (χ0) is 17.7. The third-order valence-electron chi connectivity index (χ3n) is 3.89. The SMILES string of the molecule is C=CCC(=O)N1[C@@H](/C=C/C(=O)OC)CC[C@H]1c1ccc(F)nc1F. The second kappa shape index (κ2) is 7.81. The summed E-state index contributed by atoms with van der Waals surface area (Å²) in [7, 11) is 1.25. The molecule has 1 aliphatic heterocycles. The lowest BCUT2D eigenvalue weighted by atomic mass is 10.1. The molecule has 1 aromatic heterocycles. The van der Waals surface area contributed by atoms with Crippen LogP contribution in [-0.4, -0.2) is 34.9 Å². The molecule has 0 spiro atoms. The van der Waals surface area contributed by atoms with E-state index in [2.05, 4.69) is 16.3 Å².